The van der Waals surface area contributed by atoms with E-state index in [0.29, 0.717) is 36.8 Å². The molecule has 0 bridgehead atoms. The molecule has 0 spiro atoms. The molecule has 0 unspecified atom stereocenters. The number of carbonyl (C=O) groups excluding carboxylic acids is 2. The molecule has 4 aromatic rings. The zero-order valence-corrected chi connectivity index (χ0v) is 37.9. The van der Waals surface area contributed by atoms with Crippen molar-refractivity contribution in [2.24, 2.45) is 0 Å². The van der Waals surface area contributed by atoms with E-state index in [0.717, 1.165) is 22.3 Å². The van der Waals surface area contributed by atoms with Gasteiger partial charge >= 0.3 is 24.4 Å². The molecule has 0 aromatic heterocycles. The van der Waals surface area contributed by atoms with Gasteiger partial charge in [-0.15, -0.1) is 0 Å². The Hall–Kier alpha value is -5.56. The largest absolute Gasteiger partial charge is 0.494 e. The van der Waals surface area contributed by atoms with Gasteiger partial charge in [0, 0.05) is 11.1 Å². The van der Waals surface area contributed by atoms with E-state index in [1.54, 1.807) is 36.4 Å². The van der Waals surface area contributed by atoms with Gasteiger partial charge in [-0.25, -0.2) is 9.59 Å². The van der Waals surface area contributed by atoms with Crippen molar-refractivity contribution < 1.29 is 65.8 Å². The molecule has 2 aliphatic carbocycles. The van der Waals surface area contributed by atoms with Crippen LogP contribution in [0.3, 0.4) is 0 Å². The van der Waals surface area contributed by atoms with Crippen LogP contribution in [-0.4, -0.2) is 71.1 Å². The van der Waals surface area contributed by atoms with Crippen LogP contribution in [0.15, 0.2) is 72.8 Å². The lowest BCUT2D eigenvalue weighted by molar-refractivity contribution is -0.207. The second-order valence-corrected chi connectivity index (χ2v) is 17.8. The highest BCUT2D eigenvalue weighted by molar-refractivity contribution is 5.93. The first-order chi connectivity index (χ1) is 30.8. The number of fused-ring (bicyclic) bond motifs is 2. The van der Waals surface area contributed by atoms with Crippen LogP contribution in [0, 0.1) is 0 Å². The first-order valence-electron chi connectivity index (χ1n) is 21.4. The van der Waals surface area contributed by atoms with Gasteiger partial charge in [0.25, 0.3) is 0 Å². The number of aliphatic hydroxyl groups is 4. The summed E-state index contributed by atoms with van der Waals surface area (Å²) in [5.74, 6) is -0.554. The van der Waals surface area contributed by atoms with Gasteiger partial charge in [0.15, 0.2) is 12.2 Å². The Morgan fingerprint density at radius 2 is 0.955 bits per heavy atom. The summed E-state index contributed by atoms with van der Waals surface area (Å²) < 4.78 is 90.6. The van der Waals surface area contributed by atoms with E-state index in [4.69, 9.17) is 9.47 Å². The second-order valence-electron chi connectivity index (χ2n) is 17.8. The Morgan fingerprint density at radius 1 is 0.621 bits per heavy atom. The summed E-state index contributed by atoms with van der Waals surface area (Å²) in [5, 5.41) is 51.5. The summed E-state index contributed by atoms with van der Waals surface area (Å²) in [4.78, 5) is 25.5. The van der Waals surface area contributed by atoms with Gasteiger partial charge < -0.3 is 51.2 Å². The number of halogens is 6. The van der Waals surface area contributed by atoms with Gasteiger partial charge in [0.2, 0.25) is 0 Å². The number of anilines is 2. The lowest BCUT2D eigenvalue weighted by atomic mass is 9.80. The topological polar surface area (TPSA) is 182 Å². The smallest absolute Gasteiger partial charge is 0.418 e. The Kier molecular flexibility index (Phi) is 15.7. The lowest BCUT2D eigenvalue weighted by Gasteiger charge is -2.28. The van der Waals surface area contributed by atoms with Gasteiger partial charge in [-0.05, 0) is 94.2 Å². The number of rotatable bonds is 12. The lowest BCUT2D eigenvalue weighted by Crippen LogP contribution is -2.40. The molecule has 360 valence electrons. The van der Waals surface area contributed by atoms with E-state index >= 15 is 0 Å². The van der Waals surface area contributed by atoms with E-state index in [1.807, 2.05) is 65.8 Å². The number of aliphatic hydroxyl groups excluding tert-OH is 4. The fourth-order valence-electron chi connectivity index (χ4n) is 7.95. The maximum absolute atomic E-state index is 13.4. The van der Waals surface area contributed by atoms with Crippen LogP contribution in [-0.2, 0) is 23.7 Å². The van der Waals surface area contributed by atoms with Crippen molar-refractivity contribution in [2.75, 3.05) is 24.9 Å². The van der Waals surface area contributed by atoms with Gasteiger partial charge in [-0.3, -0.25) is 0 Å². The number of benzene rings is 4. The number of nitrogens with one attached hydrogen (secondary N) is 4. The minimum absolute atomic E-state index is 0.00248. The Balaban J connectivity index is 0.000000247. The van der Waals surface area contributed by atoms with E-state index in [2.05, 4.69) is 21.3 Å². The van der Waals surface area contributed by atoms with Crippen LogP contribution in [0.5, 0.6) is 11.5 Å². The molecule has 0 aliphatic heterocycles. The Morgan fingerprint density at radius 3 is 1.24 bits per heavy atom. The van der Waals surface area contributed by atoms with Crippen LogP contribution in [0.25, 0.3) is 0 Å². The molecule has 6 rings (SSSR count). The molecule has 12 nitrogen and oxygen atoms in total. The highest BCUT2D eigenvalue weighted by Crippen LogP contribution is 2.46. The summed E-state index contributed by atoms with van der Waals surface area (Å²) in [5.41, 5.74) is 2.27. The summed E-state index contributed by atoms with van der Waals surface area (Å²) in [6.07, 6.45) is -15.1. The zero-order valence-electron chi connectivity index (χ0n) is 37.9. The second kappa shape index (κ2) is 20.1. The fraction of sp³-hybridized carbons (Fsp3) is 0.458. The molecular formula is C48H58F6N4O8. The van der Waals surface area contributed by atoms with Gasteiger partial charge in [0.05, 0.1) is 49.9 Å². The van der Waals surface area contributed by atoms with Gasteiger partial charge in [-0.1, -0.05) is 90.1 Å². The first-order valence-corrected chi connectivity index (χ1v) is 21.4. The molecule has 8 N–H and O–H groups in total. The van der Waals surface area contributed by atoms with Crippen molar-refractivity contribution in [1.82, 2.24) is 10.6 Å². The number of carbonyl (C=O) groups is 2. The summed E-state index contributed by atoms with van der Waals surface area (Å²) >= 11 is 0. The third-order valence-corrected chi connectivity index (χ3v) is 12.7. The van der Waals surface area contributed by atoms with Crippen molar-refractivity contribution in [3.05, 3.63) is 117 Å². The van der Waals surface area contributed by atoms with E-state index in [-0.39, 0.29) is 22.9 Å². The van der Waals surface area contributed by atoms with E-state index in [1.165, 1.54) is 26.4 Å². The minimum atomic E-state index is -4.92. The van der Waals surface area contributed by atoms with Crippen LogP contribution in [0.4, 0.5) is 47.3 Å². The highest BCUT2D eigenvalue weighted by Gasteiger charge is 2.44. The van der Waals surface area contributed by atoms with E-state index in [9.17, 15) is 56.4 Å². The molecule has 0 saturated carbocycles. The maximum Gasteiger partial charge on any atom is 0.418 e. The monoisotopic (exact) mass is 932 g/mol. The predicted octanol–water partition coefficient (Wildman–Crippen LogP) is 9.52. The SMILES string of the molecule is CCC(C)(C)c1cc(NC(=O)N[C@@H]2Cc3ccccc3[C@@H]2O)c(OC)c([C@@H](O)C(F)(F)F)c1.CCC(C)(C)c1cc(NC(=O)N[C@@H]2Cc3ccccc3[C@@H]2O)c(OC)c([C@H](O)C(F)(F)F)c1. The number of ether oxygens (including phenoxy) is 2. The molecule has 18 heteroatoms. The van der Waals surface area contributed by atoms with Crippen LogP contribution in [0.1, 0.15) is 123 Å². The number of alkyl halides is 6. The maximum atomic E-state index is 13.4. The molecule has 4 amide bonds. The number of urea groups is 2. The number of amides is 4. The molecule has 0 saturated heterocycles. The summed E-state index contributed by atoms with van der Waals surface area (Å²) in [6.45, 7) is 11.2. The van der Waals surface area contributed by atoms with Gasteiger partial charge in [-0.2, -0.15) is 26.3 Å². The van der Waals surface area contributed by atoms with Crippen molar-refractivity contribution >= 4 is 23.4 Å². The van der Waals surface area contributed by atoms with E-state index < -0.39 is 82.9 Å². The van der Waals surface area contributed by atoms with Crippen molar-refractivity contribution in [3.8, 4) is 11.5 Å². The average molecular weight is 933 g/mol. The van der Waals surface area contributed by atoms with Crippen molar-refractivity contribution in [3.63, 3.8) is 0 Å². The first kappa shape index (κ1) is 51.4. The number of hydrogen-bond donors (Lipinski definition) is 8. The summed E-state index contributed by atoms with van der Waals surface area (Å²) in [6, 6.07) is 17.6. The van der Waals surface area contributed by atoms with Crippen molar-refractivity contribution in [1.29, 1.82) is 0 Å². The quantitative estimate of drug-likeness (QED) is 0.0647. The third-order valence-electron chi connectivity index (χ3n) is 12.7. The molecule has 66 heavy (non-hydrogen) atoms. The van der Waals surface area contributed by atoms with Crippen LogP contribution >= 0.6 is 0 Å². The third kappa shape index (κ3) is 11.3. The zero-order chi connectivity index (χ0) is 49.1. The molecule has 0 radical (unpaired) electrons. The molecule has 6 atom stereocenters. The average Bonchev–Trinajstić information content (AvgIpc) is 3.75. The molecule has 0 fully saturated rings. The highest BCUT2D eigenvalue weighted by atomic mass is 19.4. The predicted molar refractivity (Wildman–Crippen MR) is 237 cm³/mol. The number of methoxy groups -OCH3 is 2. The minimum Gasteiger partial charge on any atom is -0.494 e. The van der Waals surface area contributed by atoms with Crippen LogP contribution < -0.4 is 30.7 Å². The fourth-order valence-corrected chi connectivity index (χ4v) is 7.95. The Labute approximate surface area is 379 Å². The molecule has 2 aliphatic rings. The normalized spacial score (nSPS) is 19.1. The molecule has 4 aromatic carbocycles. The Bertz CT molecular complexity index is 2210. The number of hydrogen-bond acceptors (Lipinski definition) is 8. The molecular weight excluding hydrogens is 875 g/mol. The van der Waals surface area contributed by atoms with Gasteiger partial charge in [0.1, 0.15) is 11.5 Å². The summed E-state index contributed by atoms with van der Waals surface area (Å²) in [7, 11) is 2.35. The van der Waals surface area contributed by atoms with Crippen LogP contribution in [0.2, 0.25) is 0 Å². The standard InChI is InChI=1S/2C24H29F3N2O4/c2*1-5-23(2,3)14-11-16(21(31)24(25,26)27)20(33-4)18(12-14)29-22(32)28-17-10-13-8-6-7-9-15(13)19(17)30/h2*6-9,11-12,17,19,21,30-31H,5,10H2,1-4H3,(H2,28,29,32)/t17-,19+,21+;17-,19+,21-/m11/s1. The van der Waals surface area contributed by atoms with Crippen molar-refractivity contribution in [2.45, 2.75) is 127 Å². The molecule has 0 heterocycles.